The maximum absolute atomic E-state index is 11.3. The third kappa shape index (κ3) is 2.55. The first-order valence-corrected chi connectivity index (χ1v) is 4.17. The second-order valence-electron chi connectivity index (χ2n) is 2.71. The van der Waals surface area contributed by atoms with E-state index in [1.807, 2.05) is 6.92 Å². The van der Waals surface area contributed by atoms with Crippen molar-refractivity contribution < 1.29 is 9.90 Å². The molecule has 2 N–H and O–H groups in total. The number of nitrogens with one attached hydrogen (secondary N) is 1. The summed E-state index contributed by atoms with van der Waals surface area (Å²) in [6.07, 6.45) is 5.20. The summed E-state index contributed by atoms with van der Waals surface area (Å²) >= 11 is 0. The average Bonchev–Trinajstić information content (AvgIpc) is 2.66. The quantitative estimate of drug-likeness (QED) is 0.704. The van der Waals surface area contributed by atoms with Gasteiger partial charge in [0.2, 0.25) is 0 Å². The molecule has 0 spiro atoms. The molecule has 0 aromatic carbocycles. The maximum atomic E-state index is 11.3. The van der Waals surface area contributed by atoms with Gasteiger partial charge < -0.3 is 10.4 Å². The monoisotopic (exact) mass is 183 g/mol. The van der Waals surface area contributed by atoms with E-state index in [2.05, 4.69) is 10.3 Å². The van der Waals surface area contributed by atoms with E-state index in [4.69, 9.17) is 5.11 Å². The Labute approximate surface area is 76.4 Å². The van der Waals surface area contributed by atoms with Gasteiger partial charge in [0, 0.05) is 12.4 Å². The molecule has 0 saturated heterocycles. The number of hydrogen-bond donors (Lipinski definition) is 2. The van der Waals surface area contributed by atoms with Crippen LogP contribution in [0, 0.1) is 0 Å². The van der Waals surface area contributed by atoms with Crippen LogP contribution in [0.4, 0.5) is 4.79 Å². The number of aliphatic hydroxyl groups is 1. The highest BCUT2D eigenvalue weighted by molar-refractivity contribution is 5.76. The summed E-state index contributed by atoms with van der Waals surface area (Å²) in [5, 5.41) is 11.5. The number of aliphatic hydroxyl groups excluding tert-OH is 1. The van der Waals surface area contributed by atoms with Gasteiger partial charge in [-0.2, -0.15) is 0 Å². The van der Waals surface area contributed by atoms with E-state index in [1.165, 1.54) is 17.1 Å². The highest BCUT2D eigenvalue weighted by atomic mass is 16.3. The number of rotatable bonds is 3. The van der Waals surface area contributed by atoms with Crippen LogP contribution < -0.4 is 5.32 Å². The summed E-state index contributed by atoms with van der Waals surface area (Å²) in [6, 6.07) is -0.451. The molecule has 72 valence electrons. The molecule has 0 aliphatic rings. The van der Waals surface area contributed by atoms with Gasteiger partial charge >= 0.3 is 6.03 Å². The normalized spacial score (nSPS) is 12.5. The van der Waals surface area contributed by atoms with Crippen molar-refractivity contribution in [1.29, 1.82) is 0 Å². The molecule has 0 fully saturated rings. The Balaban J connectivity index is 2.50. The van der Waals surface area contributed by atoms with E-state index in [0.29, 0.717) is 6.42 Å². The zero-order valence-electron chi connectivity index (χ0n) is 7.47. The van der Waals surface area contributed by atoms with Gasteiger partial charge in [0.25, 0.3) is 0 Å². The van der Waals surface area contributed by atoms with Gasteiger partial charge in [-0.25, -0.2) is 9.78 Å². The van der Waals surface area contributed by atoms with Gasteiger partial charge in [-0.3, -0.25) is 4.57 Å². The van der Waals surface area contributed by atoms with Crippen molar-refractivity contribution in [3.63, 3.8) is 0 Å². The summed E-state index contributed by atoms with van der Waals surface area (Å²) in [7, 11) is 0. The standard InChI is InChI=1S/C8H13N3O2/c1-2-7(5-12)10-8(13)11-4-3-9-6-11/h3-4,6-7,12H,2,5H2,1H3,(H,10,13). The van der Waals surface area contributed by atoms with Crippen molar-refractivity contribution in [1.82, 2.24) is 14.9 Å². The molecular weight excluding hydrogens is 170 g/mol. The van der Waals surface area contributed by atoms with Gasteiger partial charge in [-0.05, 0) is 6.42 Å². The number of imidazole rings is 1. The SMILES string of the molecule is CCC(CO)NC(=O)n1ccnc1. The van der Waals surface area contributed by atoms with Crippen molar-refractivity contribution >= 4 is 6.03 Å². The molecule has 1 aromatic rings. The molecule has 0 bridgehead atoms. The zero-order valence-corrected chi connectivity index (χ0v) is 7.47. The average molecular weight is 183 g/mol. The predicted molar refractivity (Wildman–Crippen MR) is 47.3 cm³/mol. The van der Waals surface area contributed by atoms with E-state index < -0.39 is 0 Å². The Kier molecular flexibility index (Phi) is 3.45. The molecule has 0 radical (unpaired) electrons. The molecule has 1 atom stereocenters. The molecule has 1 heterocycles. The Morgan fingerprint density at radius 3 is 3.00 bits per heavy atom. The van der Waals surface area contributed by atoms with Gasteiger partial charge in [0.05, 0.1) is 12.6 Å². The molecule has 0 saturated carbocycles. The number of aromatic nitrogens is 2. The summed E-state index contributed by atoms with van der Waals surface area (Å²) in [4.78, 5) is 15.1. The number of nitrogens with zero attached hydrogens (tertiary/aromatic N) is 2. The molecule has 1 aromatic heterocycles. The third-order valence-electron chi connectivity index (χ3n) is 1.78. The Hall–Kier alpha value is -1.36. The Morgan fingerprint density at radius 1 is 1.77 bits per heavy atom. The van der Waals surface area contributed by atoms with E-state index in [-0.39, 0.29) is 18.7 Å². The molecule has 5 nitrogen and oxygen atoms in total. The Bertz CT molecular complexity index is 254. The first-order chi connectivity index (χ1) is 6.27. The minimum atomic E-state index is -0.265. The largest absolute Gasteiger partial charge is 0.394 e. The van der Waals surface area contributed by atoms with Crippen molar-refractivity contribution in [2.75, 3.05) is 6.61 Å². The van der Waals surface area contributed by atoms with Gasteiger partial charge in [0.1, 0.15) is 6.33 Å². The number of hydrogen-bond acceptors (Lipinski definition) is 3. The number of amides is 1. The van der Waals surface area contributed by atoms with Crippen LogP contribution in [-0.4, -0.2) is 33.3 Å². The van der Waals surface area contributed by atoms with Crippen LogP contribution in [0.3, 0.4) is 0 Å². The first-order valence-electron chi connectivity index (χ1n) is 4.17. The number of carbonyl (C=O) groups excluding carboxylic acids is 1. The van der Waals surface area contributed by atoms with Crippen LogP contribution in [0.15, 0.2) is 18.7 Å². The molecule has 1 rings (SSSR count). The van der Waals surface area contributed by atoms with Crippen molar-refractivity contribution in [2.24, 2.45) is 0 Å². The third-order valence-corrected chi connectivity index (χ3v) is 1.78. The highest BCUT2D eigenvalue weighted by Gasteiger charge is 2.09. The summed E-state index contributed by atoms with van der Waals surface area (Å²) in [5.74, 6) is 0. The lowest BCUT2D eigenvalue weighted by Crippen LogP contribution is -2.39. The maximum Gasteiger partial charge on any atom is 0.327 e. The Morgan fingerprint density at radius 2 is 2.54 bits per heavy atom. The lowest BCUT2D eigenvalue weighted by molar-refractivity contribution is 0.215. The smallest absolute Gasteiger partial charge is 0.327 e. The van der Waals surface area contributed by atoms with E-state index in [0.717, 1.165) is 0 Å². The fraction of sp³-hybridized carbons (Fsp3) is 0.500. The van der Waals surface area contributed by atoms with E-state index in [9.17, 15) is 4.79 Å². The van der Waals surface area contributed by atoms with Crippen LogP contribution in [0.2, 0.25) is 0 Å². The highest BCUT2D eigenvalue weighted by Crippen LogP contribution is 1.91. The van der Waals surface area contributed by atoms with Gasteiger partial charge in [-0.1, -0.05) is 6.92 Å². The predicted octanol–water partition coefficient (Wildman–Crippen LogP) is 0.212. The molecule has 1 amide bonds. The second-order valence-corrected chi connectivity index (χ2v) is 2.71. The minimum absolute atomic E-state index is 0.0447. The molecule has 13 heavy (non-hydrogen) atoms. The lowest BCUT2D eigenvalue weighted by atomic mass is 10.2. The van der Waals surface area contributed by atoms with Gasteiger partial charge in [-0.15, -0.1) is 0 Å². The van der Waals surface area contributed by atoms with Crippen LogP contribution in [0.5, 0.6) is 0 Å². The minimum Gasteiger partial charge on any atom is -0.394 e. The zero-order chi connectivity index (χ0) is 9.68. The van der Waals surface area contributed by atoms with Crippen LogP contribution in [0.25, 0.3) is 0 Å². The van der Waals surface area contributed by atoms with Crippen LogP contribution >= 0.6 is 0 Å². The fourth-order valence-corrected chi connectivity index (χ4v) is 0.905. The van der Waals surface area contributed by atoms with Crippen molar-refractivity contribution in [3.8, 4) is 0 Å². The van der Waals surface area contributed by atoms with E-state index >= 15 is 0 Å². The second kappa shape index (κ2) is 4.61. The van der Waals surface area contributed by atoms with E-state index in [1.54, 1.807) is 6.20 Å². The molecular formula is C8H13N3O2. The molecule has 0 aliphatic heterocycles. The van der Waals surface area contributed by atoms with Crippen LogP contribution in [0.1, 0.15) is 13.3 Å². The van der Waals surface area contributed by atoms with Crippen LogP contribution in [-0.2, 0) is 0 Å². The summed E-state index contributed by atoms with van der Waals surface area (Å²) < 4.78 is 1.33. The first kappa shape index (κ1) is 9.73. The van der Waals surface area contributed by atoms with Crippen molar-refractivity contribution in [3.05, 3.63) is 18.7 Å². The van der Waals surface area contributed by atoms with Gasteiger partial charge in [0.15, 0.2) is 0 Å². The molecule has 1 unspecified atom stereocenters. The topological polar surface area (TPSA) is 67.2 Å². The fourth-order valence-electron chi connectivity index (χ4n) is 0.905. The molecule has 5 heteroatoms. The van der Waals surface area contributed by atoms with Crippen molar-refractivity contribution in [2.45, 2.75) is 19.4 Å². The molecule has 0 aliphatic carbocycles. The lowest BCUT2D eigenvalue weighted by Gasteiger charge is -2.13. The number of carbonyl (C=O) groups is 1. The summed E-state index contributed by atoms with van der Waals surface area (Å²) in [6.45, 7) is 1.85. The summed E-state index contributed by atoms with van der Waals surface area (Å²) in [5.41, 5.74) is 0.